The maximum Gasteiger partial charge on any atom is 0.341 e. The number of nitrogens with zero attached hydrogens (tertiary/aromatic N) is 3. The van der Waals surface area contributed by atoms with Crippen molar-refractivity contribution >= 4 is 40.0 Å². The molecule has 1 aliphatic carbocycles. The lowest BCUT2D eigenvalue weighted by atomic mass is 10.1. The minimum atomic E-state index is -0.403. The maximum absolute atomic E-state index is 12.9. The number of amides is 1. The number of benzene rings is 1. The van der Waals surface area contributed by atoms with Crippen LogP contribution in [-0.2, 0) is 28.9 Å². The molecule has 0 radical (unpaired) electrons. The summed E-state index contributed by atoms with van der Waals surface area (Å²) in [6.07, 6.45) is 6.43. The molecule has 10 heteroatoms. The van der Waals surface area contributed by atoms with Gasteiger partial charge in [-0.25, -0.2) is 4.79 Å². The van der Waals surface area contributed by atoms with Crippen LogP contribution in [0.5, 0.6) is 5.75 Å². The van der Waals surface area contributed by atoms with Gasteiger partial charge < -0.3 is 14.8 Å². The summed E-state index contributed by atoms with van der Waals surface area (Å²) in [6, 6.07) is 7.83. The van der Waals surface area contributed by atoms with E-state index < -0.39 is 5.97 Å². The van der Waals surface area contributed by atoms with Gasteiger partial charge in [-0.3, -0.25) is 9.36 Å². The summed E-state index contributed by atoms with van der Waals surface area (Å²) in [6.45, 7) is 8.27. The fourth-order valence-corrected chi connectivity index (χ4v) is 6.37. The monoisotopic (exact) mass is 540 g/mol. The molecular weight excluding hydrogens is 508 g/mol. The number of allylic oxidation sites excluding steroid dienone is 1. The molecule has 196 valence electrons. The molecule has 0 spiro atoms. The van der Waals surface area contributed by atoms with Gasteiger partial charge in [0.05, 0.1) is 18.4 Å². The Hall–Kier alpha value is -3.11. The zero-order valence-corrected chi connectivity index (χ0v) is 23.0. The topological polar surface area (TPSA) is 95.3 Å². The van der Waals surface area contributed by atoms with Gasteiger partial charge in [0.25, 0.3) is 0 Å². The van der Waals surface area contributed by atoms with E-state index in [4.69, 9.17) is 9.47 Å². The third-order valence-electron chi connectivity index (χ3n) is 6.15. The average Bonchev–Trinajstić information content (AvgIpc) is 3.36. The number of thiophene rings is 1. The fourth-order valence-electron chi connectivity index (χ4n) is 4.32. The highest BCUT2D eigenvalue weighted by Crippen LogP contribution is 2.38. The normalized spacial score (nSPS) is 13.8. The lowest BCUT2D eigenvalue weighted by Crippen LogP contribution is -2.17. The first-order valence-electron chi connectivity index (χ1n) is 12.3. The van der Waals surface area contributed by atoms with Gasteiger partial charge in [-0.2, -0.15) is 0 Å². The molecule has 8 nitrogen and oxygen atoms in total. The quantitative estimate of drug-likeness (QED) is 0.151. The minimum absolute atomic E-state index is 0.117. The summed E-state index contributed by atoms with van der Waals surface area (Å²) >= 11 is 2.77. The zero-order chi connectivity index (χ0) is 26.4. The second-order valence-electron chi connectivity index (χ2n) is 8.91. The molecule has 1 amide bonds. The van der Waals surface area contributed by atoms with Crippen LogP contribution in [-0.4, -0.2) is 39.5 Å². The van der Waals surface area contributed by atoms with E-state index in [1.54, 1.807) is 6.08 Å². The molecule has 0 fully saturated rings. The van der Waals surface area contributed by atoms with Crippen molar-refractivity contribution in [2.75, 3.05) is 18.2 Å². The Bertz CT molecular complexity index is 1270. The number of nitrogens with one attached hydrogen (secondary N) is 1. The van der Waals surface area contributed by atoms with Crippen LogP contribution in [0, 0.1) is 6.92 Å². The number of anilines is 1. The largest absolute Gasteiger partial charge is 0.483 e. The number of methoxy groups -OCH3 is 1. The molecule has 1 aliphatic rings. The standard InChI is InChI=1S/C27H32N4O4S2/c1-5-15-31-24(18(3)35-19-13-11-17(2)12-14-19)29-30-27(31)36-16-22(32)28-25-23(26(33)34-4)20-9-7-6-8-10-21(20)37-25/h5,11-14,18H,1,6-10,15-16H2,2-4H3,(H,28,32). The number of rotatable bonds is 10. The van der Waals surface area contributed by atoms with Crippen LogP contribution in [0.4, 0.5) is 5.00 Å². The Morgan fingerprint density at radius 1 is 1.22 bits per heavy atom. The van der Waals surface area contributed by atoms with Crippen LogP contribution in [0.1, 0.15) is 64.5 Å². The minimum Gasteiger partial charge on any atom is -0.483 e. The van der Waals surface area contributed by atoms with E-state index in [1.807, 2.05) is 42.7 Å². The highest BCUT2D eigenvalue weighted by atomic mass is 32.2. The number of carbonyl (C=O) groups is 2. The van der Waals surface area contributed by atoms with E-state index in [0.29, 0.717) is 28.1 Å². The van der Waals surface area contributed by atoms with E-state index in [9.17, 15) is 9.59 Å². The fraction of sp³-hybridized carbons (Fsp3) is 0.407. The lowest BCUT2D eigenvalue weighted by molar-refractivity contribution is -0.113. The van der Waals surface area contributed by atoms with E-state index in [2.05, 4.69) is 22.1 Å². The molecule has 0 saturated heterocycles. The van der Waals surface area contributed by atoms with Gasteiger partial charge in [0.2, 0.25) is 5.91 Å². The smallest absolute Gasteiger partial charge is 0.341 e. The predicted molar refractivity (Wildman–Crippen MR) is 147 cm³/mol. The van der Waals surface area contributed by atoms with Gasteiger partial charge in [-0.05, 0) is 57.2 Å². The SMILES string of the molecule is C=CCn1c(SCC(=O)Nc2sc3c(c2C(=O)OC)CCCCC3)nnc1C(C)Oc1ccc(C)cc1. The molecule has 1 atom stereocenters. The summed E-state index contributed by atoms with van der Waals surface area (Å²) in [7, 11) is 1.37. The number of hydrogen-bond acceptors (Lipinski definition) is 8. The lowest BCUT2D eigenvalue weighted by Gasteiger charge is -2.16. The van der Waals surface area contributed by atoms with Crippen molar-refractivity contribution in [3.8, 4) is 5.75 Å². The zero-order valence-electron chi connectivity index (χ0n) is 21.4. The van der Waals surface area contributed by atoms with Gasteiger partial charge in [-0.1, -0.05) is 42.0 Å². The van der Waals surface area contributed by atoms with Crippen molar-refractivity contribution in [2.45, 2.75) is 63.8 Å². The molecule has 4 rings (SSSR count). The van der Waals surface area contributed by atoms with Crippen LogP contribution in [0.2, 0.25) is 0 Å². The Morgan fingerprint density at radius 2 is 1.97 bits per heavy atom. The van der Waals surface area contributed by atoms with Gasteiger partial charge in [0.15, 0.2) is 17.1 Å². The molecule has 0 aliphatic heterocycles. The molecule has 1 aromatic carbocycles. The van der Waals surface area contributed by atoms with Crippen molar-refractivity contribution in [3.63, 3.8) is 0 Å². The molecule has 37 heavy (non-hydrogen) atoms. The number of fused-ring (bicyclic) bond motifs is 1. The van der Waals surface area contributed by atoms with Crippen LogP contribution >= 0.6 is 23.1 Å². The van der Waals surface area contributed by atoms with Crippen molar-refractivity contribution in [2.24, 2.45) is 0 Å². The Labute approximate surface area is 225 Å². The summed E-state index contributed by atoms with van der Waals surface area (Å²) in [5.41, 5.74) is 2.68. The number of aromatic nitrogens is 3. The third kappa shape index (κ3) is 6.42. The Kier molecular flexibility index (Phi) is 9.04. The van der Waals surface area contributed by atoms with Crippen LogP contribution in [0.3, 0.4) is 0 Å². The number of hydrogen-bond donors (Lipinski definition) is 1. The van der Waals surface area contributed by atoms with Crippen molar-refractivity contribution in [1.82, 2.24) is 14.8 Å². The second kappa shape index (κ2) is 12.4. The van der Waals surface area contributed by atoms with Gasteiger partial charge in [0.1, 0.15) is 10.8 Å². The summed E-state index contributed by atoms with van der Waals surface area (Å²) in [5.74, 6) is 0.894. The molecule has 0 bridgehead atoms. The maximum atomic E-state index is 12.9. The van der Waals surface area contributed by atoms with Crippen LogP contribution in [0.25, 0.3) is 0 Å². The summed E-state index contributed by atoms with van der Waals surface area (Å²) < 4.78 is 13.0. The molecule has 2 heterocycles. The first-order chi connectivity index (χ1) is 17.9. The van der Waals surface area contributed by atoms with Crippen molar-refractivity contribution in [1.29, 1.82) is 0 Å². The highest BCUT2D eigenvalue weighted by Gasteiger charge is 2.26. The van der Waals surface area contributed by atoms with Gasteiger partial charge in [-0.15, -0.1) is 28.1 Å². The predicted octanol–water partition coefficient (Wildman–Crippen LogP) is 5.76. The molecule has 1 N–H and O–H groups in total. The number of thioether (sulfide) groups is 1. The molecule has 1 unspecified atom stereocenters. The van der Waals surface area contributed by atoms with Gasteiger partial charge in [0, 0.05) is 11.4 Å². The molecular formula is C27H32N4O4S2. The van der Waals surface area contributed by atoms with Crippen molar-refractivity contribution < 1.29 is 19.1 Å². The van der Waals surface area contributed by atoms with E-state index in [-0.39, 0.29) is 17.8 Å². The molecule has 3 aromatic rings. The first-order valence-corrected chi connectivity index (χ1v) is 14.1. The van der Waals surface area contributed by atoms with E-state index >= 15 is 0 Å². The summed E-state index contributed by atoms with van der Waals surface area (Å²) in [5, 5.41) is 12.8. The number of aryl methyl sites for hydroxylation is 2. The third-order valence-corrected chi connectivity index (χ3v) is 8.32. The van der Waals surface area contributed by atoms with Crippen molar-refractivity contribution in [3.05, 3.63) is 64.3 Å². The second-order valence-corrected chi connectivity index (χ2v) is 11.0. The Morgan fingerprint density at radius 3 is 2.70 bits per heavy atom. The number of ether oxygens (including phenoxy) is 2. The molecule has 2 aromatic heterocycles. The van der Waals surface area contributed by atoms with E-state index in [1.165, 1.54) is 35.1 Å². The van der Waals surface area contributed by atoms with Crippen LogP contribution < -0.4 is 10.1 Å². The number of carbonyl (C=O) groups excluding carboxylic acids is 2. The van der Waals surface area contributed by atoms with E-state index in [0.717, 1.165) is 49.0 Å². The summed E-state index contributed by atoms with van der Waals surface area (Å²) in [4.78, 5) is 26.7. The molecule has 0 saturated carbocycles. The highest BCUT2D eigenvalue weighted by molar-refractivity contribution is 7.99. The Balaban J connectivity index is 1.45. The first kappa shape index (κ1) is 26.9. The van der Waals surface area contributed by atoms with Crippen LogP contribution in [0.15, 0.2) is 42.1 Å². The van der Waals surface area contributed by atoms with Gasteiger partial charge >= 0.3 is 5.97 Å². The number of esters is 1. The average molecular weight is 541 g/mol.